The first-order valence-corrected chi connectivity index (χ1v) is 10.1. The number of carbonyl (C=O) groups excluding carboxylic acids is 1. The van der Waals surface area contributed by atoms with E-state index in [2.05, 4.69) is 14.8 Å². The highest BCUT2D eigenvalue weighted by Crippen LogP contribution is 2.29. The van der Waals surface area contributed by atoms with Crippen molar-refractivity contribution in [1.82, 2.24) is 14.8 Å². The Balaban J connectivity index is 1.54. The summed E-state index contributed by atoms with van der Waals surface area (Å²) in [4.78, 5) is 22.8. The molecule has 1 fully saturated rings. The minimum absolute atomic E-state index is 0.155. The number of benzene rings is 1. The van der Waals surface area contributed by atoms with Crippen molar-refractivity contribution in [2.75, 3.05) is 45.2 Å². The van der Waals surface area contributed by atoms with E-state index < -0.39 is 23.8 Å². The number of piperazine rings is 1. The average molecular weight is 436 g/mol. The highest BCUT2D eigenvalue weighted by Gasteiger charge is 2.31. The molecule has 6 nitrogen and oxygen atoms in total. The quantitative estimate of drug-likeness (QED) is 0.754. The zero-order valence-electron chi connectivity index (χ0n) is 17.6. The summed E-state index contributed by atoms with van der Waals surface area (Å²) < 4.78 is 38.6. The average Bonchev–Trinajstić information content (AvgIpc) is 2.73. The van der Waals surface area contributed by atoms with Gasteiger partial charge in [-0.15, -0.1) is 0 Å². The van der Waals surface area contributed by atoms with Gasteiger partial charge >= 0.3 is 6.18 Å². The standard InChI is InChI=1S/C22H27F3N4O2/c1-27(2)15-17-6-7-20(26-14-17)28-8-10-29(11-9-28)21(31)19(30)13-16-4-3-5-18(12-16)22(23,24)25/h3-7,12,14,19,30H,8-11,13,15H2,1-2H3. The molecule has 1 atom stereocenters. The van der Waals surface area contributed by atoms with Gasteiger partial charge in [0.1, 0.15) is 11.9 Å². The SMILES string of the molecule is CN(C)Cc1ccc(N2CCN(C(=O)C(O)Cc3cccc(C(F)(F)F)c3)CC2)nc1. The number of nitrogens with zero attached hydrogens (tertiary/aromatic N) is 4. The van der Waals surface area contributed by atoms with Crippen molar-refractivity contribution in [3.63, 3.8) is 0 Å². The molecule has 1 N–H and O–H groups in total. The number of hydrogen-bond acceptors (Lipinski definition) is 5. The predicted octanol–water partition coefficient (Wildman–Crippen LogP) is 2.41. The zero-order chi connectivity index (χ0) is 22.6. The van der Waals surface area contributed by atoms with Gasteiger partial charge < -0.3 is 19.8 Å². The molecule has 1 unspecified atom stereocenters. The van der Waals surface area contributed by atoms with Crippen molar-refractivity contribution >= 4 is 11.7 Å². The van der Waals surface area contributed by atoms with Crippen LogP contribution in [0.25, 0.3) is 0 Å². The van der Waals surface area contributed by atoms with Crippen LogP contribution in [0.5, 0.6) is 0 Å². The Kier molecular flexibility index (Phi) is 7.17. The number of amides is 1. The molecule has 31 heavy (non-hydrogen) atoms. The van der Waals surface area contributed by atoms with Gasteiger partial charge in [0.25, 0.3) is 5.91 Å². The second-order valence-corrected chi connectivity index (χ2v) is 7.99. The summed E-state index contributed by atoms with van der Waals surface area (Å²) in [6.07, 6.45) is -4.15. The summed E-state index contributed by atoms with van der Waals surface area (Å²) in [7, 11) is 3.98. The summed E-state index contributed by atoms with van der Waals surface area (Å²) in [5, 5.41) is 10.3. The summed E-state index contributed by atoms with van der Waals surface area (Å²) in [5.74, 6) is 0.366. The number of aromatic nitrogens is 1. The van der Waals surface area contributed by atoms with Crippen LogP contribution in [0.1, 0.15) is 16.7 Å². The Morgan fingerprint density at radius 3 is 2.42 bits per heavy atom. The summed E-state index contributed by atoms with van der Waals surface area (Å²) in [6.45, 7) is 2.78. The molecule has 2 heterocycles. The summed E-state index contributed by atoms with van der Waals surface area (Å²) >= 11 is 0. The molecule has 2 aromatic rings. The van der Waals surface area contributed by atoms with E-state index in [1.807, 2.05) is 32.4 Å². The number of rotatable bonds is 6. The van der Waals surface area contributed by atoms with Gasteiger partial charge in [-0.25, -0.2) is 4.98 Å². The molecule has 168 valence electrons. The van der Waals surface area contributed by atoms with E-state index in [1.165, 1.54) is 12.1 Å². The molecule has 1 aromatic carbocycles. The Hall–Kier alpha value is -2.65. The Morgan fingerprint density at radius 1 is 1.13 bits per heavy atom. The monoisotopic (exact) mass is 436 g/mol. The van der Waals surface area contributed by atoms with Crippen LogP contribution in [0.15, 0.2) is 42.6 Å². The van der Waals surface area contributed by atoms with Gasteiger partial charge in [-0.3, -0.25) is 4.79 Å². The number of hydrogen-bond donors (Lipinski definition) is 1. The maximum atomic E-state index is 12.9. The van der Waals surface area contributed by atoms with Crippen LogP contribution in [0.4, 0.5) is 19.0 Å². The third-order valence-corrected chi connectivity index (χ3v) is 5.19. The lowest BCUT2D eigenvalue weighted by molar-refractivity contribution is -0.140. The minimum atomic E-state index is -4.46. The van der Waals surface area contributed by atoms with Crippen molar-refractivity contribution < 1.29 is 23.1 Å². The van der Waals surface area contributed by atoms with Crippen LogP contribution in [-0.4, -0.2) is 72.2 Å². The molecule has 3 rings (SSSR count). The third-order valence-electron chi connectivity index (χ3n) is 5.19. The second kappa shape index (κ2) is 9.65. The number of alkyl halides is 3. The van der Waals surface area contributed by atoms with Crippen molar-refractivity contribution in [3.05, 3.63) is 59.3 Å². The Morgan fingerprint density at radius 2 is 1.84 bits per heavy atom. The lowest BCUT2D eigenvalue weighted by Crippen LogP contribution is -2.52. The van der Waals surface area contributed by atoms with Crippen molar-refractivity contribution in [3.8, 4) is 0 Å². The Labute approximate surface area is 179 Å². The van der Waals surface area contributed by atoms with Gasteiger partial charge in [0.05, 0.1) is 5.56 Å². The summed E-state index contributed by atoms with van der Waals surface area (Å²) in [5.41, 5.74) is 0.596. The molecule has 0 bridgehead atoms. The van der Waals surface area contributed by atoms with Crippen LogP contribution in [0.3, 0.4) is 0 Å². The number of carbonyl (C=O) groups is 1. The van der Waals surface area contributed by atoms with Crippen molar-refractivity contribution in [1.29, 1.82) is 0 Å². The smallest absolute Gasteiger partial charge is 0.383 e. The van der Waals surface area contributed by atoms with Gasteiger partial charge in [-0.05, 0) is 37.4 Å². The van der Waals surface area contributed by atoms with Gasteiger partial charge in [0.15, 0.2) is 0 Å². The summed E-state index contributed by atoms with van der Waals surface area (Å²) in [6, 6.07) is 8.69. The van der Waals surface area contributed by atoms with E-state index >= 15 is 0 Å². The first-order valence-electron chi connectivity index (χ1n) is 10.1. The molecule has 1 aromatic heterocycles. The van der Waals surface area contributed by atoms with E-state index in [4.69, 9.17) is 0 Å². The van der Waals surface area contributed by atoms with Gasteiger partial charge in [-0.1, -0.05) is 24.3 Å². The highest BCUT2D eigenvalue weighted by molar-refractivity contribution is 5.81. The number of halogens is 3. The fourth-order valence-corrected chi connectivity index (χ4v) is 3.61. The van der Waals surface area contributed by atoms with Crippen LogP contribution in [0, 0.1) is 0 Å². The van der Waals surface area contributed by atoms with Crippen LogP contribution < -0.4 is 4.90 Å². The highest BCUT2D eigenvalue weighted by atomic mass is 19.4. The van der Waals surface area contributed by atoms with Crippen LogP contribution >= 0.6 is 0 Å². The molecule has 1 saturated heterocycles. The molecular formula is C22H27F3N4O2. The largest absolute Gasteiger partial charge is 0.416 e. The van der Waals surface area contributed by atoms with Gasteiger partial charge in [0.2, 0.25) is 0 Å². The zero-order valence-corrected chi connectivity index (χ0v) is 17.6. The number of aliphatic hydroxyl groups excluding tert-OH is 1. The van der Waals surface area contributed by atoms with Crippen molar-refractivity contribution in [2.45, 2.75) is 25.2 Å². The van der Waals surface area contributed by atoms with E-state index in [-0.39, 0.29) is 12.0 Å². The third kappa shape index (κ3) is 6.18. The molecule has 0 radical (unpaired) electrons. The first-order chi connectivity index (χ1) is 14.6. The second-order valence-electron chi connectivity index (χ2n) is 7.99. The maximum absolute atomic E-state index is 12.9. The van der Waals surface area contributed by atoms with Crippen molar-refractivity contribution in [2.24, 2.45) is 0 Å². The molecule has 0 spiro atoms. The lowest BCUT2D eigenvalue weighted by atomic mass is 10.0. The number of anilines is 1. The van der Waals surface area contributed by atoms with Crippen LogP contribution in [0.2, 0.25) is 0 Å². The van der Waals surface area contributed by atoms with E-state index in [0.29, 0.717) is 26.2 Å². The van der Waals surface area contributed by atoms with E-state index in [1.54, 1.807) is 4.90 Å². The van der Waals surface area contributed by atoms with Gasteiger partial charge in [-0.2, -0.15) is 13.2 Å². The molecule has 9 heteroatoms. The predicted molar refractivity (Wildman–Crippen MR) is 112 cm³/mol. The fourth-order valence-electron chi connectivity index (χ4n) is 3.61. The molecule has 1 aliphatic rings. The number of pyridine rings is 1. The minimum Gasteiger partial charge on any atom is -0.383 e. The number of aliphatic hydroxyl groups is 1. The molecule has 1 amide bonds. The molecule has 0 saturated carbocycles. The van der Waals surface area contributed by atoms with E-state index in [0.717, 1.165) is 30.1 Å². The maximum Gasteiger partial charge on any atom is 0.416 e. The van der Waals surface area contributed by atoms with Crippen LogP contribution in [-0.2, 0) is 23.9 Å². The molecule has 0 aliphatic carbocycles. The lowest BCUT2D eigenvalue weighted by Gasteiger charge is -2.36. The molecule has 1 aliphatic heterocycles. The first kappa shape index (κ1) is 23.0. The normalized spacial score (nSPS) is 16.0. The topological polar surface area (TPSA) is 59.9 Å². The van der Waals surface area contributed by atoms with E-state index in [9.17, 15) is 23.1 Å². The Bertz CT molecular complexity index is 879. The van der Waals surface area contributed by atoms with Gasteiger partial charge in [0, 0.05) is 45.3 Å². The molecular weight excluding hydrogens is 409 g/mol. The fraction of sp³-hybridized carbons (Fsp3) is 0.455.